The van der Waals surface area contributed by atoms with E-state index in [4.69, 9.17) is 9.84 Å². The molecule has 0 radical (unpaired) electrons. The van der Waals surface area contributed by atoms with Gasteiger partial charge in [-0.1, -0.05) is 48.5 Å². The second kappa shape index (κ2) is 11.6. The lowest BCUT2D eigenvalue weighted by molar-refractivity contribution is 0.0696. The van der Waals surface area contributed by atoms with E-state index in [1.54, 1.807) is 30.5 Å². The predicted octanol–water partition coefficient (Wildman–Crippen LogP) is 5.99. The number of aromatic nitrogens is 1. The first-order valence-corrected chi connectivity index (χ1v) is 12.7. The first-order valence-electron chi connectivity index (χ1n) is 12.7. The van der Waals surface area contributed by atoms with Gasteiger partial charge in [-0.15, -0.1) is 0 Å². The van der Waals surface area contributed by atoms with Crippen molar-refractivity contribution in [3.8, 4) is 16.9 Å². The summed E-state index contributed by atoms with van der Waals surface area (Å²) in [6.07, 6.45) is 3.60. The van der Waals surface area contributed by atoms with Crippen LogP contribution in [0.4, 0.5) is 11.5 Å². The Kier molecular flexibility index (Phi) is 7.64. The van der Waals surface area contributed by atoms with Gasteiger partial charge in [-0.05, 0) is 72.4 Å². The minimum absolute atomic E-state index is 0.172. The lowest BCUT2D eigenvalue weighted by Crippen LogP contribution is -2.36. The van der Waals surface area contributed by atoms with Crippen LogP contribution in [0.25, 0.3) is 11.1 Å². The van der Waals surface area contributed by atoms with Crippen molar-refractivity contribution in [2.75, 3.05) is 29.9 Å². The molecule has 7 heteroatoms. The lowest BCUT2D eigenvalue weighted by atomic mass is 9.98. The lowest BCUT2D eigenvalue weighted by Gasteiger charge is -2.32. The Labute approximate surface area is 221 Å². The van der Waals surface area contributed by atoms with Crippen LogP contribution in [0.5, 0.6) is 5.75 Å². The second-order valence-electron chi connectivity index (χ2n) is 9.38. The highest BCUT2D eigenvalue weighted by atomic mass is 16.5. The molecule has 1 fully saturated rings. The van der Waals surface area contributed by atoms with Gasteiger partial charge in [-0.2, -0.15) is 0 Å². The highest BCUT2D eigenvalue weighted by molar-refractivity contribution is 6.04. The number of piperidine rings is 1. The molecule has 1 aromatic heterocycles. The highest BCUT2D eigenvalue weighted by Gasteiger charge is 2.21. The van der Waals surface area contributed by atoms with E-state index in [9.17, 15) is 9.59 Å². The molecule has 3 aromatic carbocycles. The molecule has 1 saturated heterocycles. The Balaban J connectivity index is 1.10. The third-order valence-corrected chi connectivity index (χ3v) is 6.77. The van der Waals surface area contributed by atoms with E-state index in [1.807, 2.05) is 66.7 Å². The largest absolute Gasteiger partial charge is 0.493 e. The SMILES string of the molecule is O=C(O)c1cccc(OCC2CCN(c3ccc(NC(=O)c4ccc(-c5ccccc5)cc4)cn3)CC2)c1. The van der Waals surface area contributed by atoms with Crippen molar-refractivity contribution < 1.29 is 19.4 Å². The van der Waals surface area contributed by atoms with E-state index in [2.05, 4.69) is 15.2 Å². The Hall–Kier alpha value is -4.65. The van der Waals surface area contributed by atoms with Crippen LogP contribution in [-0.2, 0) is 0 Å². The van der Waals surface area contributed by atoms with Gasteiger partial charge < -0.3 is 20.1 Å². The van der Waals surface area contributed by atoms with Gasteiger partial charge in [-0.3, -0.25) is 4.79 Å². The summed E-state index contributed by atoms with van der Waals surface area (Å²) in [6, 6.07) is 28.0. The molecule has 192 valence electrons. The Morgan fingerprint density at radius 2 is 1.61 bits per heavy atom. The van der Waals surface area contributed by atoms with Crippen molar-refractivity contribution in [2.24, 2.45) is 5.92 Å². The smallest absolute Gasteiger partial charge is 0.335 e. The molecule has 1 aliphatic rings. The molecule has 7 nitrogen and oxygen atoms in total. The molecule has 0 aliphatic carbocycles. The molecule has 4 aromatic rings. The predicted molar refractivity (Wildman–Crippen MR) is 148 cm³/mol. The summed E-state index contributed by atoms with van der Waals surface area (Å²) in [4.78, 5) is 30.7. The van der Waals surface area contributed by atoms with Crippen molar-refractivity contribution in [1.82, 2.24) is 4.98 Å². The number of carboxylic acid groups (broad SMARTS) is 1. The van der Waals surface area contributed by atoms with Gasteiger partial charge in [0.2, 0.25) is 0 Å². The van der Waals surface area contributed by atoms with Crippen LogP contribution in [0, 0.1) is 5.92 Å². The number of aromatic carboxylic acids is 1. The summed E-state index contributed by atoms with van der Waals surface area (Å²) in [5, 5.41) is 12.1. The van der Waals surface area contributed by atoms with Crippen LogP contribution < -0.4 is 15.0 Å². The zero-order chi connectivity index (χ0) is 26.3. The van der Waals surface area contributed by atoms with Crippen LogP contribution in [0.2, 0.25) is 0 Å². The third-order valence-electron chi connectivity index (χ3n) is 6.77. The Morgan fingerprint density at radius 3 is 2.29 bits per heavy atom. The second-order valence-corrected chi connectivity index (χ2v) is 9.38. The van der Waals surface area contributed by atoms with E-state index >= 15 is 0 Å². The van der Waals surface area contributed by atoms with E-state index in [0.29, 0.717) is 29.5 Å². The fraction of sp³-hybridized carbons (Fsp3) is 0.194. The van der Waals surface area contributed by atoms with Crippen molar-refractivity contribution >= 4 is 23.4 Å². The van der Waals surface area contributed by atoms with Crippen LogP contribution in [0.15, 0.2) is 97.2 Å². The van der Waals surface area contributed by atoms with E-state index in [0.717, 1.165) is 42.9 Å². The average molecular weight is 508 g/mol. The summed E-state index contributed by atoms with van der Waals surface area (Å²) in [7, 11) is 0. The zero-order valence-corrected chi connectivity index (χ0v) is 20.9. The van der Waals surface area contributed by atoms with Gasteiger partial charge in [-0.25, -0.2) is 9.78 Å². The summed E-state index contributed by atoms with van der Waals surface area (Å²) in [5.41, 5.74) is 3.65. The van der Waals surface area contributed by atoms with Gasteiger partial charge >= 0.3 is 5.97 Å². The molecule has 38 heavy (non-hydrogen) atoms. The number of anilines is 2. The first kappa shape index (κ1) is 25.0. The number of carboxylic acids is 1. The standard InChI is InChI=1S/C31H29N3O4/c35-30(25-11-9-24(10-12-25)23-5-2-1-3-6-23)33-27-13-14-29(32-20-27)34-17-15-22(16-18-34)21-38-28-8-4-7-26(19-28)31(36)37/h1-14,19-20,22H,15-18,21H2,(H,33,35)(H,36,37). The number of rotatable bonds is 8. The minimum Gasteiger partial charge on any atom is -0.493 e. The number of carbonyl (C=O) groups excluding carboxylic acids is 1. The van der Waals surface area contributed by atoms with Gasteiger partial charge in [0.15, 0.2) is 0 Å². The molecule has 5 rings (SSSR count). The topological polar surface area (TPSA) is 91.8 Å². The average Bonchev–Trinajstić information content (AvgIpc) is 2.97. The fourth-order valence-electron chi connectivity index (χ4n) is 4.56. The number of nitrogens with one attached hydrogen (secondary N) is 1. The van der Waals surface area contributed by atoms with Gasteiger partial charge in [0.25, 0.3) is 5.91 Å². The number of pyridine rings is 1. The fourth-order valence-corrected chi connectivity index (χ4v) is 4.56. The third kappa shape index (κ3) is 6.18. The number of carbonyl (C=O) groups is 2. The molecule has 0 atom stereocenters. The molecule has 0 unspecified atom stereocenters. The molecule has 1 aliphatic heterocycles. The summed E-state index contributed by atoms with van der Waals surface area (Å²) in [6.45, 7) is 2.27. The number of nitrogens with zero attached hydrogens (tertiary/aromatic N) is 2. The number of hydrogen-bond acceptors (Lipinski definition) is 5. The number of amides is 1. The van der Waals surface area contributed by atoms with Crippen LogP contribution >= 0.6 is 0 Å². The Bertz CT molecular complexity index is 1380. The molecule has 2 N–H and O–H groups in total. The Morgan fingerprint density at radius 1 is 0.868 bits per heavy atom. The molecule has 0 saturated carbocycles. The highest BCUT2D eigenvalue weighted by Crippen LogP contribution is 2.25. The molecular formula is C31H29N3O4. The number of hydrogen-bond donors (Lipinski definition) is 2. The quantitative estimate of drug-likeness (QED) is 0.304. The molecular weight excluding hydrogens is 478 g/mol. The zero-order valence-electron chi connectivity index (χ0n) is 20.9. The number of ether oxygens (including phenoxy) is 1. The summed E-state index contributed by atoms with van der Waals surface area (Å²) in [5.74, 6) is 0.724. The van der Waals surface area contributed by atoms with E-state index in [1.165, 1.54) is 0 Å². The van der Waals surface area contributed by atoms with Crippen molar-refractivity contribution in [2.45, 2.75) is 12.8 Å². The maximum Gasteiger partial charge on any atom is 0.335 e. The molecule has 0 spiro atoms. The van der Waals surface area contributed by atoms with E-state index in [-0.39, 0.29) is 11.5 Å². The maximum absolute atomic E-state index is 12.7. The molecule has 1 amide bonds. The minimum atomic E-state index is -0.959. The van der Waals surface area contributed by atoms with Gasteiger partial charge in [0, 0.05) is 18.7 Å². The number of benzene rings is 3. The van der Waals surface area contributed by atoms with Crippen molar-refractivity contribution in [3.05, 3.63) is 108 Å². The van der Waals surface area contributed by atoms with E-state index < -0.39 is 5.97 Å². The van der Waals surface area contributed by atoms with Crippen molar-refractivity contribution in [1.29, 1.82) is 0 Å². The molecule has 2 heterocycles. The van der Waals surface area contributed by atoms with Crippen LogP contribution in [0.3, 0.4) is 0 Å². The van der Waals surface area contributed by atoms with Gasteiger partial charge in [0.1, 0.15) is 11.6 Å². The summed E-state index contributed by atoms with van der Waals surface area (Å²) >= 11 is 0. The first-order chi connectivity index (χ1) is 18.5. The van der Waals surface area contributed by atoms with Crippen LogP contribution in [-0.4, -0.2) is 41.7 Å². The van der Waals surface area contributed by atoms with Crippen molar-refractivity contribution in [3.63, 3.8) is 0 Å². The monoisotopic (exact) mass is 507 g/mol. The maximum atomic E-state index is 12.7. The normalized spacial score (nSPS) is 13.6. The van der Waals surface area contributed by atoms with Gasteiger partial charge in [0.05, 0.1) is 24.1 Å². The molecule has 0 bridgehead atoms. The summed E-state index contributed by atoms with van der Waals surface area (Å²) < 4.78 is 5.86. The van der Waals surface area contributed by atoms with Crippen LogP contribution in [0.1, 0.15) is 33.6 Å².